The number of benzene rings is 2. The van der Waals surface area contributed by atoms with E-state index in [0.717, 1.165) is 22.0 Å². The minimum absolute atomic E-state index is 0.170. The first-order valence-electron chi connectivity index (χ1n) is 9.11. The molecule has 29 heavy (non-hydrogen) atoms. The zero-order valence-corrected chi connectivity index (χ0v) is 17.7. The number of rotatable bonds is 7. The number of aryl methyl sites for hydroxylation is 2. The van der Waals surface area contributed by atoms with Gasteiger partial charge < -0.3 is 5.32 Å². The van der Waals surface area contributed by atoms with E-state index in [2.05, 4.69) is 27.2 Å². The lowest BCUT2D eigenvalue weighted by Gasteiger charge is -2.11. The fraction of sp³-hybridized carbons (Fsp3) is 0.238. The average molecular weight is 429 g/mol. The molecule has 0 radical (unpaired) electrons. The van der Waals surface area contributed by atoms with E-state index < -0.39 is 10.0 Å². The predicted octanol–water partition coefficient (Wildman–Crippen LogP) is 4.16. The lowest BCUT2D eigenvalue weighted by molar-refractivity contribution is 0.580. The smallest absolute Gasteiger partial charge is 0.240 e. The minimum atomic E-state index is -3.58. The molecule has 0 unspecified atom stereocenters. The second-order valence-electron chi connectivity index (χ2n) is 6.78. The maximum absolute atomic E-state index is 12.3. The van der Waals surface area contributed by atoms with Gasteiger partial charge in [-0.2, -0.15) is 5.26 Å². The van der Waals surface area contributed by atoms with E-state index in [9.17, 15) is 13.7 Å². The number of sulfonamides is 1. The van der Waals surface area contributed by atoms with E-state index >= 15 is 0 Å². The van der Waals surface area contributed by atoms with Crippen LogP contribution in [0.4, 0.5) is 5.82 Å². The Hall–Kier alpha value is -2.66. The van der Waals surface area contributed by atoms with Gasteiger partial charge in [0.05, 0.1) is 16.0 Å². The van der Waals surface area contributed by atoms with E-state index in [0.29, 0.717) is 29.4 Å². The fourth-order valence-electron chi connectivity index (χ4n) is 3.07. The molecule has 0 bridgehead atoms. The highest BCUT2D eigenvalue weighted by molar-refractivity contribution is 7.89. The molecule has 0 aliphatic rings. The lowest BCUT2D eigenvalue weighted by atomic mass is 10.1. The van der Waals surface area contributed by atoms with Gasteiger partial charge in [0, 0.05) is 23.5 Å². The highest BCUT2D eigenvalue weighted by atomic mass is 35.5. The van der Waals surface area contributed by atoms with Crippen molar-refractivity contribution in [3.63, 3.8) is 0 Å². The Morgan fingerprint density at radius 2 is 1.83 bits per heavy atom. The third-order valence-corrected chi connectivity index (χ3v) is 6.16. The van der Waals surface area contributed by atoms with Crippen molar-refractivity contribution >= 4 is 38.3 Å². The number of hydrogen-bond donors (Lipinski definition) is 2. The van der Waals surface area contributed by atoms with Gasteiger partial charge in [0.2, 0.25) is 10.0 Å². The van der Waals surface area contributed by atoms with Crippen LogP contribution < -0.4 is 10.0 Å². The van der Waals surface area contributed by atoms with Gasteiger partial charge in [-0.1, -0.05) is 23.2 Å². The molecule has 1 aromatic heterocycles. The zero-order valence-electron chi connectivity index (χ0n) is 16.2. The van der Waals surface area contributed by atoms with Crippen LogP contribution in [0.2, 0.25) is 5.02 Å². The molecule has 1 heterocycles. The first kappa shape index (κ1) is 21.1. The van der Waals surface area contributed by atoms with Crippen molar-refractivity contribution in [3.05, 3.63) is 64.2 Å². The highest BCUT2D eigenvalue weighted by Gasteiger charge is 2.13. The maximum atomic E-state index is 12.3. The Balaban J connectivity index is 1.62. The second kappa shape index (κ2) is 8.78. The summed E-state index contributed by atoms with van der Waals surface area (Å²) in [6.07, 6.45) is 0.532. The fourth-order valence-corrected chi connectivity index (χ4v) is 4.27. The van der Waals surface area contributed by atoms with E-state index in [-0.39, 0.29) is 11.4 Å². The molecular formula is C21H21ClN4O2S. The van der Waals surface area contributed by atoms with Gasteiger partial charge in [-0.05, 0) is 62.2 Å². The molecule has 0 spiro atoms. The summed E-state index contributed by atoms with van der Waals surface area (Å²) in [6, 6.07) is 14.1. The van der Waals surface area contributed by atoms with Gasteiger partial charge in [0.25, 0.3) is 0 Å². The van der Waals surface area contributed by atoms with Crippen LogP contribution in [-0.4, -0.2) is 26.5 Å². The molecule has 0 saturated carbocycles. The van der Waals surface area contributed by atoms with Crippen molar-refractivity contribution in [2.24, 2.45) is 0 Å². The molecule has 150 valence electrons. The van der Waals surface area contributed by atoms with Gasteiger partial charge >= 0.3 is 0 Å². The molecule has 3 aromatic rings. The summed E-state index contributed by atoms with van der Waals surface area (Å²) in [7, 11) is -3.58. The molecule has 2 aromatic carbocycles. The molecule has 0 amide bonds. The van der Waals surface area contributed by atoms with Crippen LogP contribution in [0.25, 0.3) is 10.9 Å². The summed E-state index contributed by atoms with van der Waals surface area (Å²) in [6.45, 7) is 4.73. The normalized spacial score (nSPS) is 11.4. The number of nitrogens with zero attached hydrogens (tertiary/aromatic N) is 2. The van der Waals surface area contributed by atoms with Crippen LogP contribution in [0.5, 0.6) is 0 Å². The van der Waals surface area contributed by atoms with Crippen molar-refractivity contribution in [3.8, 4) is 6.07 Å². The second-order valence-corrected chi connectivity index (χ2v) is 8.99. The standard InChI is InChI=1S/C21H21ClN4O2S/c1-14-10-15(2)20-16(11-14)12-17(13-23)21(26-20)24-8-3-9-25-29(27,28)19-6-4-18(22)5-7-19/h4-7,10-12,25H,3,8-9H2,1-2H3,(H,24,26). The first-order chi connectivity index (χ1) is 13.8. The van der Waals surface area contributed by atoms with E-state index in [4.69, 9.17) is 11.6 Å². The molecule has 0 aliphatic carbocycles. The van der Waals surface area contributed by atoms with E-state index in [1.54, 1.807) is 0 Å². The zero-order chi connectivity index (χ0) is 21.0. The third kappa shape index (κ3) is 5.04. The molecule has 0 fully saturated rings. The van der Waals surface area contributed by atoms with Crippen molar-refractivity contribution in [2.45, 2.75) is 25.2 Å². The van der Waals surface area contributed by atoms with Gasteiger partial charge in [-0.15, -0.1) is 0 Å². The topological polar surface area (TPSA) is 94.9 Å². The van der Waals surface area contributed by atoms with Gasteiger partial charge in [-0.3, -0.25) is 0 Å². The Morgan fingerprint density at radius 1 is 1.10 bits per heavy atom. The summed E-state index contributed by atoms with van der Waals surface area (Å²) in [4.78, 5) is 4.77. The van der Waals surface area contributed by atoms with Crippen LogP contribution >= 0.6 is 11.6 Å². The highest BCUT2D eigenvalue weighted by Crippen LogP contribution is 2.24. The van der Waals surface area contributed by atoms with Gasteiger partial charge in [0.1, 0.15) is 11.9 Å². The summed E-state index contributed by atoms with van der Waals surface area (Å²) in [5, 5.41) is 14.0. The molecular weight excluding hydrogens is 408 g/mol. The number of nitriles is 1. The van der Waals surface area contributed by atoms with Crippen molar-refractivity contribution < 1.29 is 8.42 Å². The quantitative estimate of drug-likeness (QED) is 0.551. The molecule has 0 saturated heterocycles. The number of hydrogen-bond acceptors (Lipinski definition) is 5. The monoisotopic (exact) mass is 428 g/mol. The number of aromatic nitrogens is 1. The summed E-state index contributed by atoms with van der Waals surface area (Å²) >= 11 is 5.79. The third-order valence-electron chi connectivity index (χ3n) is 4.44. The number of anilines is 1. The van der Waals surface area contributed by atoms with Crippen LogP contribution in [0.15, 0.2) is 47.4 Å². The number of pyridine rings is 1. The Bertz CT molecular complexity index is 1190. The van der Waals surface area contributed by atoms with Gasteiger partial charge in [-0.25, -0.2) is 18.1 Å². The summed E-state index contributed by atoms with van der Waals surface area (Å²) in [5.41, 5.74) is 3.47. The Labute approximate surface area is 175 Å². The average Bonchev–Trinajstić information content (AvgIpc) is 2.67. The van der Waals surface area contributed by atoms with Gasteiger partial charge in [0.15, 0.2) is 0 Å². The van der Waals surface area contributed by atoms with Crippen molar-refractivity contribution in [1.29, 1.82) is 5.26 Å². The van der Waals surface area contributed by atoms with Crippen LogP contribution in [0, 0.1) is 25.2 Å². The molecule has 6 nitrogen and oxygen atoms in total. The summed E-state index contributed by atoms with van der Waals surface area (Å²) < 4.78 is 27.1. The maximum Gasteiger partial charge on any atom is 0.240 e. The molecule has 2 N–H and O–H groups in total. The number of nitrogens with one attached hydrogen (secondary N) is 2. The number of halogens is 1. The predicted molar refractivity (Wildman–Crippen MR) is 116 cm³/mol. The molecule has 8 heteroatoms. The van der Waals surface area contributed by atoms with E-state index in [1.165, 1.54) is 24.3 Å². The van der Waals surface area contributed by atoms with Crippen molar-refractivity contribution in [1.82, 2.24) is 9.71 Å². The molecule has 0 aliphatic heterocycles. The Morgan fingerprint density at radius 3 is 2.52 bits per heavy atom. The SMILES string of the molecule is Cc1cc(C)c2nc(NCCCNS(=O)(=O)c3ccc(Cl)cc3)c(C#N)cc2c1. The van der Waals surface area contributed by atoms with Crippen LogP contribution in [0.1, 0.15) is 23.1 Å². The first-order valence-corrected chi connectivity index (χ1v) is 11.0. The van der Waals surface area contributed by atoms with Crippen LogP contribution in [0.3, 0.4) is 0 Å². The largest absolute Gasteiger partial charge is 0.369 e. The number of fused-ring (bicyclic) bond motifs is 1. The Kier molecular flexibility index (Phi) is 6.38. The summed E-state index contributed by atoms with van der Waals surface area (Å²) in [5.74, 6) is 0.507. The van der Waals surface area contributed by atoms with Crippen LogP contribution in [-0.2, 0) is 10.0 Å². The van der Waals surface area contributed by atoms with Crippen molar-refractivity contribution in [2.75, 3.05) is 18.4 Å². The van der Waals surface area contributed by atoms with E-state index in [1.807, 2.05) is 26.0 Å². The lowest BCUT2D eigenvalue weighted by Crippen LogP contribution is -2.26. The minimum Gasteiger partial charge on any atom is -0.369 e. The molecule has 3 rings (SSSR count). The molecule has 0 atom stereocenters.